The summed E-state index contributed by atoms with van der Waals surface area (Å²) in [5.74, 6) is 0.520. The maximum atomic E-state index is 12.6. The van der Waals surface area contributed by atoms with E-state index in [9.17, 15) is 19.6 Å². The van der Waals surface area contributed by atoms with Gasteiger partial charge in [0.25, 0.3) is 0 Å². The Morgan fingerprint density at radius 2 is 1.92 bits per heavy atom. The summed E-state index contributed by atoms with van der Waals surface area (Å²) in [4.78, 5) is 24.3. The molecule has 1 aliphatic rings. The number of ether oxygens (including phenoxy) is 1. The molecule has 4 rings (SSSR count). The Hall–Kier alpha value is -2.97. The predicted octanol–water partition coefficient (Wildman–Crippen LogP) is 1.29. The van der Waals surface area contributed by atoms with Crippen LogP contribution < -0.4 is 16.4 Å². The second kappa shape index (κ2) is 11.2. The Labute approximate surface area is 217 Å². The van der Waals surface area contributed by atoms with Gasteiger partial charge >= 0.3 is 6.03 Å². The van der Waals surface area contributed by atoms with Gasteiger partial charge in [-0.05, 0) is 23.1 Å². The van der Waals surface area contributed by atoms with Crippen LogP contribution in [-0.2, 0) is 21.3 Å². The second-order valence-electron chi connectivity index (χ2n) is 10.0. The molecule has 200 valence electrons. The van der Waals surface area contributed by atoms with Crippen LogP contribution in [0.4, 0.5) is 16.3 Å². The number of rotatable bonds is 8. The third-order valence-electron chi connectivity index (χ3n) is 6.19. The molecule has 0 saturated carbocycles. The molecule has 0 aliphatic carbocycles. The van der Waals surface area contributed by atoms with Crippen molar-refractivity contribution in [1.29, 1.82) is 0 Å². The van der Waals surface area contributed by atoms with Gasteiger partial charge < -0.3 is 35.9 Å². The summed E-state index contributed by atoms with van der Waals surface area (Å²) in [5, 5.41) is 26.6. The van der Waals surface area contributed by atoms with Crippen molar-refractivity contribution >= 4 is 39.9 Å². The first-order valence-electron chi connectivity index (χ1n) is 12.0. The lowest BCUT2D eigenvalue weighted by molar-refractivity contribution is -0.0292. The van der Waals surface area contributed by atoms with Crippen LogP contribution in [0, 0.1) is 0 Å². The van der Waals surface area contributed by atoms with Gasteiger partial charge in [-0.1, -0.05) is 44.1 Å². The van der Waals surface area contributed by atoms with Gasteiger partial charge in [0.05, 0.1) is 6.33 Å². The Kier molecular flexibility index (Phi) is 8.19. The summed E-state index contributed by atoms with van der Waals surface area (Å²) in [7, 11) is 0. The third kappa shape index (κ3) is 6.30. The number of fused-ring (bicyclic) bond motifs is 1. The number of benzene rings is 1. The fourth-order valence-electron chi connectivity index (χ4n) is 4.08. The van der Waals surface area contributed by atoms with Crippen molar-refractivity contribution in [3.05, 3.63) is 42.5 Å². The summed E-state index contributed by atoms with van der Waals surface area (Å²) in [6, 6.07) is 7.35. The number of imidazole rings is 1. The van der Waals surface area contributed by atoms with Crippen molar-refractivity contribution in [2.24, 2.45) is 0 Å². The zero-order valence-electron chi connectivity index (χ0n) is 21.0. The van der Waals surface area contributed by atoms with Crippen molar-refractivity contribution in [1.82, 2.24) is 24.8 Å². The number of anilines is 2. The van der Waals surface area contributed by atoms with E-state index in [0.717, 1.165) is 0 Å². The maximum Gasteiger partial charge on any atom is 0.319 e. The monoisotopic (exact) mass is 531 g/mol. The zero-order chi connectivity index (χ0) is 26.7. The first kappa shape index (κ1) is 27.1. The molecule has 5 atom stereocenters. The number of carbonyl (C=O) groups is 1. The molecule has 1 aliphatic heterocycles. The molecule has 2 aromatic heterocycles. The molecule has 3 aromatic rings. The summed E-state index contributed by atoms with van der Waals surface area (Å²) in [6.45, 7) is 6.71. The van der Waals surface area contributed by atoms with Crippen molar-refractivity contribution < 1.29 is 24.3 Å². The van der Waals surface area contributed by atoms with E-state index in [1.54, 1.807) is 0 Å². The quantitative estimate of drug-likeness (QED) is 0.211. The fraction of sp³-hybridized carbons (Fsp3) is 0.500. The van der Waals surface area contributed by atoms with E-state index in [2.05, 4.69) is 46.4 Å². The molecule has 1 fully saturated rings. The van der Waals surface area contributed by atoms with E-state index < -0.39 is 35.7 Å². The molecule has 1 unspecified atom stereocenters. The number of nitrogen functional groups attached to an aromatic ring is 1. The Morgan fingerprint density at radius 1 is 1.19 bits per heavy atom. The molecule has 6 N–H and O–H groups in total. The minimum Gasteiger partial charge on any atom is -0.616 e. The minimum atomic E-state index is -1.34. The topological polar surface area (TPSA) is 183 Å². The lowest BCUT2D eigenvalue weighted by atomic mass is 9.87. The zero-order valence-corrected chi connectivity index (χ0v) is 21.8. The van der Waals surface area contributed by atoms with Crippen LogP contribution in [-0.4, -0.2) is 76.7 Å². The van der Waals surface area contributed by atoms with Gasteiger partial charge in [-0.15, -0.1) is 0 Å². The summed E-state index contributed by atoms with van der Waals surface area (Å²) in [5.41, 5.74) is 8.43. The number of carbonyl (C=O) groups excluding carboxylic acids is 1. The van der Waals surface area contributed by atoms with Crippen molar-refractivity contribution in [3.63, 3.8) is 0 Å². The van der Waals surface area contributed by atoms with Crippen LogP contribution in [0.15, 0.2) is 36.9 Å². The average molecular weight is 532 g/mol. The van der Waals surface area contributed by atoms with Gasteiger partial charge in [-0.3, -0.25) is 4.57 Å². The summed E-state index contributed by atoms with van der Waals surface area (Å²) in [6.07, 6.45) is -1.15. The Morgan fingerprint density at radius 3 is 2.62 bits per heavy atom. The molecule has 0 radical (unpaired) electrons. The molecule has 1 aromatic carbocycles. The van der Waals surface area contributed by atoms with Gasteiger partial charge in [0.15, 0.2) is 17.7 Å². The molecule has 12 nitrogen and oxygen atoms in total. The number of urea groups is 1. The Balaban J connectivity index is 1.21. The molecular weight excluding hydrogens is 498 g/mol. The number of nitrogens with two attached hydrogens (primary N) is 1. The molecule has 0 spiro atoms. The standard InChI is InChI=1S/C24H33N7O5S/c1-24(2,3)14-5-7-15(8-6-14)30-23(34)26-9-4-10-37(35)11-16-18(32)19(33)22(36-16)31-13-29-17-20(25)27-12-28-21(17)31/h5-8,12-13,16,18-19,22,32-33H,4,9-11H2,1-3H3,(H2,25,27,28)(H2,26,30,34)/t16-,18-,19-,22-,37?/m1/s1. The largest absolute Gasteiger partial charge is 0.616 e. The highest BCUT2D eigenvalue weighted by Crippen LogP contribution is 2.32. The van der Waals surface area contributed by atoms with Crippen molar-refractivity contribution in [2.75, 3.05) is 29.1 Å². The fourth-order valence-corrected chi connectivity index (χ4v) is 5.36. The second-order valence-corrected chi connectivity index (χ2v) is 11.6. The molecule has 0 bridgehead atoms. The smallest absolute Gasteiger partial charge is 0.319 e. The SMILES string of the molecule is CC(C)(C)c1ccc(NC(=O)NCCC[S+]([O-])C[C@H]2O[C@@H](n3cnc4c(N)ncnc43)[C@H](O)[C@@H]2O)cc1. The number of aliphatic hydroxyl groups is 2. The lowest BCUT2D eigenvalue weighted by Gasteiger charge is -2.19. The summed E-state index contributed by atoms with van der Waals surface area (Å²) < 4.78 is 19.9. The lowest BCUT2D eigenvalue weighted by Crippen LogP contribution is -2.36. The molecule has 13 heteroatoms. The van der Waals surface area contributed by atoms with Crippen LogP contribution in [0.3, 0.4) is 0 Å². The normalized spacial score (nSPS) is 22.8. The number of aromatic nitrogens is 4. The van der Waals surface area contributed by atoms with E-state index in [0.29, 0.717) is 35.6 Å². The van der Waals surface area contributed by atoms with Gasteiger partial charge in [0.2, 0.25) is 0 Å². The van der Waals surface area contributed by atoms with E-state index in [1.807, 2.05) is 24.3 Å². The van der Waals surface area contributed by atoms with Gasteiger partial charge in [0, 0.05) is 18.7 Å². The van der Waals surface area contributed by atoms with Gasteiger partial charge in [0.1, 0.15) is 41.7 Å². The molecular formula is C24H33N7O5S. The van der Waals surface area contributed by atoms with Gasteiger partial charge in [-0.2, -0.15) is 0 Å². The highest BCUT2D eigenvalue weighted by Gasteiger charge is 2.46. The Bertz CT molecular complexity index is 1220. The number of hydrogen-bond acceptors (Lipinski definition) is 9. The molecule has 2 amide bonds. The number of hydrogen-bond donors (Lipinski definition) is 5. The van der Waals surface area contributed by atoms with Gasteiger partial charge in [-0.25, -0.2) is 19.7 Å². The van der Waals surface area contributed by atoms with E-state index in [-0.39, 0.29) is 23.0 Å². The number of nitrogens with one attached hydrogen (secondary N) is 2. The van der Waals surface area contributed by atoms with Crippen LogP contribution in [0.25, 0.3) is 11.2 Å². The number of amides is 2. The third-order valence-corrected chi connectivity index (χ3v) is 7.64. The van der Waals surface area contributed by atoms with Crippen LogP contribution in [0.2, 0.25) is 0 Å². The number of nitrogens with zero attached hydrogens (tertiary/aromatic N) is 4. The summed E-state index contributed by atoms with van der Waals surface area (Å²) >= 11 is -1.34. The highest BCUT2D eigenvalue weighted by molar-refractivity contribution is 7.91. The van der Waals surface area contributed by atoms with Crippen LogP contribution >= 0.6 is 0 Å². The van der Waals surface area contributed by atoms with E-state index in [4.69, 9.17) is 10.5 Å². The molecule has 3 heterocycles. The van der Waals surface area contributed by atoms with Crippen LogP contribution in [0.5, 0.6) is 0 Å². The maximum absolute atomic E-state index is 12.6. The van der Waals surface area contributed by atoms with E-state index in [1.165, 1.54) is 22.8 Å². The first-order chi connectivity index (χ1) is 17.5. The average Bonchev–Trinajstić information content (AvgIpc) is 3.39. The number of aliphatic hydroxyl groups excluding tert-OH is 2. The molecule has 1 saturated heterocycles. The van der Waals surface area contributed by atoms with E-state index >= 15 is 0 Å². The predicted molar refractivity (Wildman–Crippen MR) is 140 cm³/mol. The molecule has 37 heavy (non-hydrogen) atoms. The van der Waals surface area contributed by atoms with Crippen molar-refractivity contribution in [3.8, 4) is 0 Å². The minimum absolute atomic E-state index is 0.0325. The highest BCUT2D eigenvalue weighted by atomic mass is 32.2. The first-order valence-corrected chi connectivity index (χ1v) is 13.5. The van der Waals surface area contributed by atoms with Crippen molar-refractivity contribution in [2.45, 2.75) is 57.1 Å². The van der Waals surface area contributed by atoms with Crippen LogP contribution in [0.1, 0.15) is 39.0 Å².